The van der Waals surface area contributed by atoms with E-state index < -0.39 is 6.09 Å². The van der Waals surface area contributed by atoms with Crippen molar-refractivity contribution in [2.24, 2.45) is 0 Å². The zero-order valence-electron chi connectivity index (χ0n) is 11.6. The third-order valence-corrected chi connectivity index (χ3v) is 2.95. The van der Waals surface area contributed by atoms with E-state index in [-0.39, 0.29) is 6.61 Å². The highest BCUT2D eigenvalue weighted by molar-refractivity contribution is 5.84. The van der Waals surface area contributed by atoms with Gasteiger partial charge in [0.15, 0.2) is 0 Å². The van der Waals surface area contributed by atoms with Crippen LogP contribution < -0.4 is 5.32 Å². The highest BCUT2D eigenvalue weighted by Gasteiger charge is 2.06. The highest BCUT2D eigenvalue weighted by Crippen LogP contribution is 2.17. The predicted molar refractivity (Wildman–Crippen MR) is 79.9 cm³/mol. The van der Waals surface area contributed by atoms with Crippen molar-refractivity contribution in [3.63, 3.8) is 0 Å². The Morgan fingerprint density at radius 3 is 2.55 bits per heavy atom. The summed E-state index contributed by atoms with van der Waals surface area (Å²) in [6.07, 6.45) is -0.504. The average molecular weight is 295 g/mol. The predicted octanol–water partition coefficient (Wildman–Crippen LogP) is 2.62. The number of carbonyl (C=O) groups excluding carboxylic acids is 1. The molecule has 3 rings (SSSR count). The molecular weight excluding hydrogens is 282 g/mol. The van der Waals surface area contributed by atoms with Crippen LogP contribution in [0.2, 0.25) is 0 Å². The number of rotatable bonds is 4. The van der Waals surface area contributed by atoms with Gasteiger partial charge in [-0.3, -0.25) is 5.32 Å². The molecule has 22 heavy (non-hydrogen) atoms. The maximum Gasteiger partial charge on any atom is 0.411 e. The van der Waals surface area contributed by atoms with Crippen LogP contribution in [0.3, 0.4) is 0 Å². The van der Waals surface area contributed by atoms with Crippen LogP contribution in [0.5, 0.6) is 0 Å². The van der Waals surface area contributed by atoms with Gasteiger partial charge in [0, 0.05) is 11.3 Å². The van der Waals surface area contributed by atoms with E-state index in [1.807, 2.05) is 30.3 Å². The lowest BCUT2D eigenvalue weighted by Crippen LogP contribution is -2.13. The van der Waals surface area contributed by atoms with Crippen LogP contribution in [0.25, 0.3) is 11.4 Å². The second-order valence-corrected chi connectivity index (χ2v) is 4.50. The minimum atomic E-state index is -0.504. The van der Waals surface area contributed by atoms with Gasteiger partial charge in [0.1, 0.15) is 6.61 Å². The van der Waals surface area contributed by atoms with E-state index in [4.69, 9.17) is 4.74 Å². The summed E-state index contributed by atoms with van der Waals surface area (Å²) < 4.78 is 5.14. The Labute approximate surface area is 126 Å². The number of ether oxygens (including phenoxy) is 1. The third kappa shape index (κ3) is 3.45. The van der Waals surface area contributed by atoms with Crippen molar-refractivity contribution < 1.29 is 9.53 Å². The van der Waals surface area contributed by atoms with Gasteiger partial charge in [-0.25, -0.2) is 4.79 Å². The van der Waals surface area contributed by atoms with Gasteiger partial charge in [-0.2, -0.15) is 5.21 Å². The van der Waals surface area contributed by atoms with Crippen LogP contribution in [0.4, 0.5) is 10.5 Å². The maximum atomic E-state index is 11.7. The standard InChI is InChI=1S/C15H13N5O2/c21-15(22-10-11-4-2-1-3-5-11)16-13-8-6-12(7-9-13)14-17-19-20-18-14/h1-9H,10H2,(H,16,21)(H,17,18,19,20). The lowest BCUT2D eigenvalue weighted by atomic mass is 10.2. The molecule has 0 radical (unpaired) electrons. The fraction of sp³-hybridized carbons (Fsp3) is 0.0667. The number of aromatic nitrogens is 4. The Balaban J connectivity index is 1.55. The highest BCUT2D eigenvalue weighted by atomic mass is 16.5. The molecule has 110 valence electrons. The zero-order valence-corrected chi connectivity index (χ0v) is 11.6. The van der Waals surface area contributed by atoms with Crippen LogP contribution in [-0.2, 0) is 11.3 Å². The lowest BCUT2D eigenvalue weighted by molar-refractivity contribution is 0.155. The first-order valence-corrected chi connectivity index (χ1v) is 6.63. The van der Waals surface area contributed by atoms with Crippen LogP contribution >= 0.6 is 0 Å². The summed E-state index contributed by atoms with van der Waals surface area (Å²) in [5.74, 6) is 0.498. The molecule has 1 amide bonds. The fourth-order valence-corrected chi connectivity index (χ4v) is 1.86. The van der Waals surface area contributed by atoms with E-state index in [1.54, 1.807) is 24.3 Å². The molecule has 7 heteroatoms. The monoisotopic (exact) mass is 295 g/mol. The lowest BCUT2D eigenvalue weighted by Gasteiger charge is -2.07. The molecule has 0 saturated carbocycles. The van der Waals surface area contributed by atoms with Crippen LogP contribution in [0.15, 0.2) is 54.6 Å². The van der Waals surface area contributed by atoms with Gasteiger partial charge < -0.3 is 4.74 Å². The number of amides is 1. The second kappa shape index (κ2) is 6.49. The number of hydrogen-bond acceptors (Lipinski definition) is 5. The Bertz CT molecular complexity index is 726. The number of nitrogens with zero attached hydrogens (tertiary/aromatic N) is 3. The Kier molecular flexibility index (Phi) is 4.05. The van der Waals surface area contributed by atoms with Crippen molar-refractivity contribution >= 4 is 11.8 Å². The van der Waals surface area contributed by atoms with Gasteiger partial charge in [-0.05, 0) is 35.0 Å². The van der Waals surface area contributed by atoms with Crippen LogP contribution in [0.1, 0.15) is 5.56 Å². The minimum absolute atomic E-state index is 0.230. The van der Waals surface area contributed by atoms with Gasteiger partial charge in [-0.1, -0.05) is 30.3 Å². The van der Waals surface area contributed by atoms with Gasteiger partial charge in [0.05, 0.1) is 0 Å². The number of anilines is 1. The first kappa shape index (κ1) is 13.7. The molecule has 0 aliphatic rings. The molecule has 2 N–H and O–H groups in total. The normalized spacial score (nSPS) is 10.2. The molecule has 0 spiro atoms. The molecule has 0 fully saturated rings. The molecular formula is C15H13N5O2. The molecule has 0 aliphatic carbocycles. The molecule has 3 aromatic rings. The zero-order chi connectivity index (χ0) is 15.2. The number of hydrogen-bond donors (Lipinski definition) is 2. The summed E-state index contributed by atoms with van der Waals surface area (Å²) in [5, 5.41) is 16.3. The largest absolute Gasteiger partial charge is 0.444 e. The number of aromatic amines is 1. The van der Waals surface area contributed by atoms with Crippen molar-refractivity contribution in [3.8, 4) is 11.4 Å². The van der Waals surface area contributed by atoms with Crippen molar-refractivity contribution in [3.05, 3.63) is 60.2 Å². The summed E-state index contributed by atoms with van der Waals surface area (Å²) in [5.41, 5.74) is 2.37. The quantitative estimate of drug-likeness (QED) is 0.771. The van der Waals surface area contributed by atoms with E-state index >= 15 is 0 Å². The van der Waals surface area contributed by atoms with Crippen molar-refractivity contribution in [1.29, 1.82) is 0 Å². The minimum Gasteiger partial charge on any atom is -0.444 e. The molecule has 0 bridgehead atoms. The summed E-state index contributed by atoms with van der Waals surface area (Å²) in [6, 6.07) is 16.6. The smallest absolute Gasteiger partial charge is 0.411 e. The molecule has 0 atom stereocenters. The number of carbonyl (C=O) groups is 1. The van der Waals surface area contributed by atoms with Crippen molar-refractivity contribution in [2.75, 3.05) is 5.32 Å². The fourth-order valence-electron chi connectivity index (χ4n) is 1.86. The molecule has 1 heterocycles. The summed E-state index contributed by atoms with van der Waals surface area (Å²) in [4.78, 5) is 11.7. The van der Waals surface area contributed by atoms with Crippen molar-refractivity contribution in [1.82, 2.24) is 20.6 Å². The average Bonchev–Trinajstić information content (AvgIpc) is 3.09. The van der Waals surface area contributed by atoms with Crippen LogP contribution in [-0.4, -0.2) is 26.7 Å². The molecule has 7 nitrogen and oxygen atoms in total. The Morgan fingerprint density at radius 2 is 1.86 bits per heavy atom. The van der Waals surface area contributed by atoms with E-state index in [0.29, 0.717) is 11.5 Å². The van der Waals surface area contributed by atoms with Crippen LogP contribution in [0, 0.1) is 0 Å². The van der Waals surface area contributed by atoms with E-state index in [9.17, 15) is 4.79 Å². The Hall–Kier alpha value is -3.22. The summed E-state index contributed by atoms with van der Waals surface area (Å²) >= 11 is 0. The number of tetrazole rings is 1. The first-order chi connectivity index (χ1) is 10.8. The number of H-pyrrole nitrogens is 1. The first-order valence-electron chi connectivity index (χ1n) is 6.63. The maximum absolute atomic E-state index is 11.7. The molecule has 0 unspecified atom stereocenters. The molecule has 2 aromatic carbocycles. The van der Waals surface area contributed by atoms with Gasteiger partial charge in [0.2, 0.25) is 5.82 Å². The van der Waals surface area contributed by atoms with Crippen molar-refractivity contribution in [2.45, 2.75) is 6.61 Å². The summed E-state index contributed by atoms with van der Waals surface area (Å²) in [7, 11) is 0. The number of benzene rings is 2. The molecule has 1 aromatic heterocycles. The van der Waals surface area contributed by atoms with Gasteiger partial charge >= 0.3 is 6.09 Å². The van der Waals surface area contributed by atoms with E-state index in [1.165, 1.54) is 0 Å². The van der Waals surface area contributed by atoms with Gasteiger partial charge in [-0.15, -0.1) is 10.2 Å². The van der Waals surface area contributed by atoms with E-state index in [0.717, 1.165) is 11.1 Å². The molecule has 0 saturated heterocycles. The van der Waals surface area contributed by atoms with Gasteiger partial charge in [0.25, 0.3) is 0 Å². The van der Waals surface area contributed by atoms with E-state index in [2.05, 4.69) is 25.9 Å². The Morgan fingerprint density at radius 1 is 1.09 bits per heavy atom. The SMILES string of the molecule is O=C(Nc1ccc(-c2nn[nH]n2)cc1)OCc1ccccc1. The number of nitrogens with one attached hydrogen (secondary N) is 2. The summed E-state index contributed by atoms with van der Waals surface area (Å²) in [6.45, 7) is 0.230. The second-order valence-electron chi connectivity index (χ2n) is 4.50. The third-order valence-electron chi connectivity index (χ3n) is 2.95. The topological polar surface area (TPSA) is 92.8 Å². The molecule has 0 aliphatic heterocycles.